The highest BCUT2D eigenvalue weighted by atomic mass is 79.9. The molecule has 0 saturated heterocycles. The van der Waals surface area contributed by atoms with E-state index >= 15 is 0 Å². The van der Waals surface area contributed by atoms with Crippen molar-refractivity contribution in [1.82, 2.24) is 0 Å². The highest BCUT2D eigenvalue weighted by Gasteiger charge is 2.15. The summed E-state index contributed by atoms with van der Waals surface area (Å²) in [6.07, 6.45) is 0. The van der Waals surface area contributed by atoms with Crippen molar-refractivity contribution >= 4 is 55.7 Å². The Balaban J connectivity index is 1.96. The second kappa shape index (κ2) is 7.62. The van der Waals surface area contributed by atoms with Gasteiger partial charge in [-0.1, -0.05) is 27.5 Å². The number of hydrogen-bond acceptors (Lipinski definition) is 5. The Morgan fingerprint density at radius 2 is 2.14 bits per heavy atom. The molecular formula is C14H11BrClNO4S. The van der Waals surface area contributed by atoms with E-state index in [2.05, 4.69) is 26.0 Å². The highest BCUT2D eigenvalue weighted by molar-refractivity contribution is 9.10. The van der Waals surface area contributed by atoms with Crippen LogP contribution in [0.15, 0.2) is 34.1 Å². The van der Waals surface area contributed by atoms with Crippen molar-refractivity contribution in [3.63, 3.8) is 0 Å². The molecule has 0 unspecified atom stereocenters. The van der Waals surface area contributed by atoms with E-state index in [4.69, 9.17) is 16.3 Å². The fourth-order valence-electron chi connectivity index (χ4n) is 1.58. The maximum atomic E-state index is 11.9. The minimum Gasteiger partial charge on any atom is -0.482 e. The number of carbonyl (C=O) groups is 2. The Bertz CT molecular complexity index is 704. The molecule has 0 radical (unpaired) electrons. The van der Waals surface area contributed by atoms with Crippen molar-refractivity contribution in [3.05, 3.63) is 44.7 Å². The topological polar surface area (TPSA) is 64.6 Å². The predicted octanol–water partition coefficient (Wildman–Crippen LogP) is 3.97. The number of amides is 1. The second-order valence-electron chi connectivity index (χ2n) is 4.07. The van der Waals surface area contributed by atoms with Gasteiger partial charge in [-0.2, -0.15) is 0 Å². The van der Waals surface area contributed by atoms with Gasteiger partial charge in [-0.15, -0.1) is 11.3 Å². The van der Waals surface area contributed by atoms with E-state index in [1.54, 1.807) is 29.6 Å². The average Bonchev–Trinajstić information content (AvgIpc) is 2.93. The van der Waals surface area contributed by atoms with E-state index in [0.717, 1.165) is 4.47 Å². The fraction of sp³-hybridized carbons (Fsp3) is 0.143. The zero-order valence-electron chi connectivity index (χ0n) is 11.4. The number of ether oxygens (including phenoxy) is 2. The van der Waals surface area contributed by atoms with Gasteiger partial charge in [0.25, 0.3) is 5.91 Å². The summed E-state index contributed by atoms with van der Waals surface area (Å²) in [5.74, 6) is -0.501. The van der Waals surface area contributed by atoms with Gasteiger partial charge in [-0.05, 0) is 29.6 Å². The van der Waals surface area contributed by atoms with Gasteiger partial charge in [0.15, 0.2) is 6.61 Å². The molecule has 22 heavy (non-hydrogen) atoms. The zero-order chi connectivity index (χ0) is 16.1. The Kier molecular flexibility index (Phi) is 5.82. The van der Waals surface area contributed by atoms with Crippen LogP contribution >= 0.6 is 38.9 Å². The van der Waals surface area contributed by atoms with Crippen molar-refractivity contribution in [2.75, 3.05) is 19.0 Å². The van der Waals surface area contributed by atoms with Crippen molar-refractivity contribution in [1.29, 1.82) is 0 Å². The third-order valence-corrected chi connectivity index (χ3v) is 4.19. The third kappa shape index (κ3) is 4.22. The minimum atomic E-state index is -0.506. The summed E-state index contributed by atoms with van der Waals surface area (Å²) in [5, 5.41) is 5.11. The number of rotatable bonds is 5. The maximum Gasteiger partial charge on any atom is 0.340 e. The Morgan fingerprint density at radius 1 is 1.36 bits per heavy atom. The molecule has 1 heterocycles. The number of hydrogen-bond donors (Lipinski definition) is 1. The largest absolute Gasteiger partial charge is 0.482 e. The first-order valence-corrected chi connectivity index (χ1v) is 8.10. The van der Waals surface area contributed by atoms with Crippen molar-refractivity contribution in [3.8, 4) is 5.75 Å². The molecule has 0 spiro atoms. The number of halogens is 2. The second-order valence-corrected chi connectivity index (χ2v) is 6.31. The summed E-state index contributed by atoms with van der Waals surface area (Å²) in [4.78, 5) is 23.4. The maximum absolute atomic E-state index is 11.9. The molecule has 0 aliphatic rings. The monoisotopic (exact) mass is 403 g/mol. The van der Waals surface area contributed by atoms with Crippen LogP contribution in [0.4, 0.5) is 5.00 Å². The number of esters is 1. The molecule has 1 amide bonds. The summed E-state index contributed by atoms with van der Waals surface area (Å²) >= 11 is 10.5. The van der Waals surface area contributed by atoms with Crippen LogP contribution in [-0.2, 0) is 9.53 Å². The predicted molar refractivity (Wildman–Crippen MR) is 88.9 cm³/mol. The summed E-state index contributed by atoms with van der Waals surface area (Å²) in [5.41, 5.74) is 0.308. The first-order chi connectivity index (χ1) is 10.5. The van der Waals surface area contributed by atoms with Gasteiger partial charge in [0.2, 0.25) is 0 Å². The van der Waals surface area contributed by atoms with E-state index in [0.29, 0.717) is 21.3 Å². The normalized spacial score (nSPS) is 10.1. The molecule has 1 aromatic carbocycles. The lowest BCUT2D eigenvalue weighted by molar-refractivity contribution is -0.118. The van der Waals surface area contributed by atoms with Crippen LogP contribution in [0.3, 0.4) is 0 Å². The van der Waals surface area contributed by atoms with Gasteiger partial charge in [0.05, 0.1) is 17.7 Å². The SMILES string of the molecule is COC(=O)c1ccsc1NC(=O)COc1ccc(Br)cc1Cl. The van der Waals surface area contributed by atoms with Crippen LogP contribution in [-0.4, -0.2) is 25.6 Å². The highest BCUT2D eigenvalue weighted by Crippen LogP contribution is 2.28. The van der Waals surface area contributed by atoms with E-state index in [-0.39, 0.29) is 6.61 Å². The van der Waals surface area contributed by atoms with Crippen LogP contribution in [0.25, 0.3) is 0 Å². The molecule has 0 bridgehead atoms. The van der Waals surface area contributed by atoms with Crippen LogP contribution in [0.2, 0.25) is 5.02 Å². The van der Waals surface area contributed by atoms with Gasteiger partial charge < -0.3 is 14.8 Å². The van der Waals surface area contributed by atoms with E-state index in [1.807, 2.05) is 0 Å². The number of thiophene rings is 1. The van der Waals surface area contributed by atoms with Gasteiger partial charge in [-0.3, -0.25) is 4.79 Å². The zero-order valence-corrected chi connectivity index (χ0v) is 14.5. The van der Waals surface area contributed by atoms with Crippen LogP contribution < -0.4 is 10.1 Å². The minimum absolute atomic E-state index is 0.222. The summed E-state index contributed by atoms with van der Waals surface area (Å²) in [6, 6.07) is 6.67. The Morgan fingerprint density at radius 3 is 2.82 bits per heavy atom. The van der Waals surface area contributed by atoms with Crippen LogP contribution in [0.1, 0.15) is 10.4 Å². The molecule has 0 saturated carbocycles. The quantitative estimate of drug-likeness (QED) is 0.766. The first-order valence-electron chi connectivity index (χ1n) is 6.04. The Hall–Kier alpha value is -1.57. The van der Waals surface area contributed by atoms with Crippen molar-refractivity contribution < 1.29 is 19.1 Å². The summed E-state index contributed by atoms with van der Waals surface area (Å²) in [6.45, 7) is -0.222. The first kappa shape index (κ1) is 16.8. The van der Waals surface area contributed by atoms with Crippen molar-refractivity contribution in [2.24, 2.45) is 0 Å². The third-order valence-electron chi connectivity index (χ3n) is 2.58. The van der Waals surface area contributed by atoms with Gasteiger partial charge >= 0.3 is 5.97 Å². The lowest BCUT2D eigenvalue weighted by atomic mass is 10.3. The molecule has 0 atom stereocenters. The molecule has 2 aromatic rings. The molecule has 1 N–H and O–H groups in total. The fourth-order valence-corrected chi connectivity index (χ4v) is 3.09. The molecule has 0 fully saturated rings. The molecule has 5 nitrogen and oxygen atoms in total. The number of methoxy groups -OCH3 is 1. The molecular weight excluding hydrogens is 394 g/mol. The molecule has 1 aromatic heterocycles. The lowest BCUT2D eigenvalue weighted by Gasteiger charge is -2.09. The number of anilines is 1. The Labute approximate surface area is 144 Å². The molecule has 8 heteroatoms. The smallest absolute Gasteiger partial charge is 0.340 e. The van der Waals surface area contributed by atoms with Crippen LogP contribution in [0, 0.1) is 0 Å². The van der Waals surface area contributed by atoms with Gasteiger partial charge in [0.1, 0.15) is 10.8 Å². The molecule has 116 valence electrons. The summed E-state index contributed by atoms with van der Waals surface area (Å²) in [7, 11) is 1.28. The number of nitrogens with one attached hydrogen (secondary N) is 1. The van der Waals surface area contributed by atoms with E-state index in [9.17, 15) is 9.59 Å². The summed E-state index contributed by atoms with van der Waals surface area (Å²) < 4.78 is 10.8. The standard InChI is InChI=1S/C14H11BrClNO4S/c1-20-14(19)9-4-5-22-13(9)17-12(18)7-21-11-3-2-8(15)6-10(11)16/h2-6H,7H2,1H3,(H,17,18). The van der Waals surface area contributed by atoms with E-state index < -0.39 is 11.9 Å². The van der Waals surface area contributed by atoms with E-state index in [1.165, 1.54) is 18.4 Å². The van der Waals surface area contributed by atoms with Crippen LogP contribution in [0.5, 0.6) is 5.75 Å². The lowest BCUT2D eigenvalue weighted by Crippen LogP contribution is -2.21. The molecule has 0 aliphatic carbocycles. The van der Waals surface area contributed by atoms with Gasteiger partial charge in [0, 0.05) is 4.47 Å². The molecule has 2 rings (SSSR count). The average molecular weight is 405 g/mol. The number of carbonyl (C=O) groups excluding carboxylic acids is 2. The molecule has 0 aliphatic heterocycles. The van der Waals surface area contributed by atoms with Crippen molar-refractivity contribution in [2.45, 2.75) is 0 Å². The van der Waals surface area contributed by atoms with Gasteiger partial charge in [-0.25, -0.2) is 4.79 Å². The number of benzene rings is 1.